The van der Waals surface area contributed by atoms with Crippen LogP contribution in [0.4, 0.5) is 4.39 Å². The lowest BCUT2D eigenvalue weighted by atomic mass is 10.0. The van der Waals surface area contributed by atoms with Crippen molar-refractivity contribution in [1.82, 2.24) is 10.6 Å². The first-order valence-corrected chi connectivity index (χ1v) is 9.04. The molecule has 0 spiro atoms. The highest BCUT2D eigenvalue weighted by atomic mass is 32.2. The fourth-order valence-corrected chi connectivity index (χ4v) is 2.90. The van der Waals surface area contributed by atoms with Crippen LogP contribution in [0, 0.1) is 5.92 Å². The summed E-state index contributed by atoms with van der Waals surface area (Å²) in [5, 5.41) is 12.4. The summed E-state index contributed by atoms with van der Waals surface area (Å²) in [5.74, 6) is -1.29. The SMILES string of the molecule is C[C@@](CCc1cc(/C(F)=C/C2CC2)on1)(C(=O)NO)S(C)(=O)=O. The number of allylic oxidation sites excluding steroid dienone is 1. The number of nitrogens with one attached hydrogen (secondary N) is 1. The molecule has 0 aliphatic heterocycles. The molecule has 1 saturated carbocycles. The van der Waals surface area contributed by atoms with Crippen LogP contribution < -0.4 is 5.48 Å². The molecule has 9 heteroatoms. The van der Waals surface area contributed by atoms with Crippen molar-refractivity contribution >= 4 is 21.6 Å². The number of aryl methyl sites for hydroxylation is 1. The molecule has 0 radical (unpaired) electrons. The van der Waals surface area contributed by atoms with Gasteiger partial charge in [-0.05, 0) is 44.6 Å². The largest absolute Gasteiger partial charge is 0.354 e. The van der Waals surface area contributed by atoms with E-state index in [4.69, 9.17) is 9.73 Å². The fourth-order valence-electron chi connectivity index (χ4n) is 2.05. The summed E-state index contributed by atoms with van der Waals surface area (Å²) in [5.41, 5.74) is 1.70. The Morgan fingerprint density at radius 2 is 2.26 bits per heavy atom. The number of amides is 1. The third-order valence-electron chi connectivity index (χ3n) is 4.06. The molecule has 0 unspecified atom stereocenters. The van der Waals surface area contributed by atoms with E-state index < -0.39 is 26.3 Å². The zero-order valence-corrected chi connectivity index (χ0v) is 13.7. The monoisotopic (exact) mass is 346 g/mol. The molecular weight excluding hydrogens is 327 g/mol. The lowest BCUT2D eigenvalue weighted by Gasteiger charge is -2.24. The predicted molar refractivity (Wildman–Crippen MR) is 79.8 cm³/mol. The number of hydrogen-bond acceptors (Lipinski definition) is 6. The van der Waals surface area contributed by atoms with Crippen molar-refractivity contribution in [2.24, 2.45) is 5.92 Å². The second kappa shape index (κ2) is 6.40. The smallest absolute Gasteiger partial charge is 0.264 e. The van der Waals surface area contributed by atoms with Crippen LogP contribution in [0.2, 0.25) is 0 Å². The third-order valence-corrected chi connectivity index (χ3v) is 6.08. The number of carbonyl (C=O) groups is 1. The Kier molecular flexibility index (Phi) is 4.90. The first-order valence-electron chi connectivity index (χ1n) is 7.15. The van der Waals surface area contributed by atoms with Gasteiger partial charge in [0.25, 0.3) is 5.91 Å². The zero-order valence-electron chi connectivity index (χ0n) is 12.9. The number of hydrogen-bond donors (Lipinski definition) is 2. The number of sulfone groups is 1. The highest BCUT2D eigenvalue weighted by Gasteiger charge is 2.43. The number of nitrogens with zero attached hydrogens (tertiary/aromatic N) is 1. The summed E-state index contributed by atoms with van der Waals surface area (Å²) in [7, 11) is -3.78. The standard InChI is InChI=1S/C14H19FN2O5S/c1-14(13(18)16-19,23(2,20)21)6-5-10-8-12(22-17-10)11(15)7-9-3-4-9/h7-9,19H,3-6H2,1-2H3,(H,16,18)/b11-7-/t14-/m1/s1. The molecule has 0 aromatic carbocycles. The predicted octanol–water partition coefficient (Wildman–Crippen LogP) is 1.64. The molecule has 0 bridgehead atoms. The maximum atomic E-state index is 13.8. The summed E-state index contributed by atoms with van der Waals surface area (Å²) in [6.07, 6.45) is 4.25. The molecule has 1 aromatic heterocycles. The maximum Gasteiger partial charge on any atom is 0.264 e. The number of carbonyl (C=O) groups excluding carboxylic acids is 1. The molecule has 1 atom stereocenters. The van der Waals surface area contributed by atoms with Gasteiger partial charge in [-0.15, -0.1) is 0 Å². The quantitative estimate of drug-likeness (QED) is 0.574. The van der Waals surface area contributed by atoms with Crippen molar-refractivity contribution < 1.29 is 27.3 Å². The summed E-state index contributed by atoms with van der Waals surface area (Å²) in [6.45, 7) is 1.21. The van der Waals surface area contributed by atoms with Crippen molar-refractivity contribution in [2.45, 2.75) is 37.4 Å². The van der Waals surface area contributed by atoms with Gasteiger partial charge in [0.05, 0.1) is 5.69 Å². The van der Waals surface area contributed by atoms with Crippen LogP contribution in [0.5, 0.6) is 0 Å². The van der Waals surface area contributed by atoms with Crippen LogP contribution in [0.1, 0.15) is 37.6 Å². The van der Waals surface area contributed by atoms with Crippen LogP contribution in [0.25, 0.3) is 5.83 Å². The number of halogens is 1. The van der Waals surface area contributed by atoms with E-state index >= 15 is 0 Å². The minimum Gasteiger partial charge on any atom is -0.354 e. The average molecular weight is 346 g/mol. The molecule has 1 heterocycles. The average Bonchev–Trinajstić information content (AvgIpc) is 3.16. The lowest BCUT2D eigenvalue weighted by molar-refractivity contribution is -0.131. The molecule has 1 aromatic rings. The van der Waals surface area contributed by atoms with Crippen molar-refractivity contribution in [3.05, 3.63) is 23.6 Å². The van der Waals surface area contributed by atoms with E-state index in [1.165, 1.54) is 24.5 Å². The highest BCUT2D eigenvalue weighted by Crippen LogP contribution is 2.34. The van der Waals surface area contributed by atoms with Gasteiger partial charge >= 0.3 is 0 Å². The second-order valence-electron chi connectivity index (χ2n) is 5.98. The van der Waals surface area contributed by atoms with Gasteiger partial charge in [0, 0.05) is 12.3 Å². The van der Waals surface area contributed by atoms with Gasteiger partial charge in [-0.1, -0.05) is 5.16 Å². The molecule has 0 saturated heterocycles. The van der Waals surface area contributed by atoms with Crippen LogP contribution in [-0.2, 0) is 21.1 Å². The zero-order chi connectivity index (χ0) is 17.3. The first-order chi connectivity index (χ1) is 10.7. The third kappa shape index (κ3) is 3.97. The summed E-state index contributed by atoms with van der Waals surface area (Å²) in [6, 6.07) is 1.38. The van der Waals surface area contributed by atoms with Crippen LogP contribution in [0.3, 0.4) is 0 Å². The lowest BCUT2D eigenvalue weighted by Crippen LogP contribution is -2.49. The van der Waals surface area contributed by atoms with Gasteiger partial charge in [0.2, 0.25) is 0 Å². The summed E-state index contributed by atoms with van der Waals surface area (Å²) < 4.78 is 40.6. The topological polar surface area (TPSA) is 110 Å². The molecule has 1 aliphatic carbocycles. The molecule has 1 amide bonds. The van der Waals surface area contributed by atoms with E-state index in [0.29, 0.717) is 5.69 Å². The fraction of sp³-hybridized carbons (Fsp3) is 0.571. The van der Waals surface area contributed by atoms with E-state index in [-0.39, 0.29) is 24.5 Å². The van der Waals surface area contributed by atoms with Gasteiger partial charge in [0.1, 0.15) is 4.75 Å². The molecule has 2 N–H and O–H groups in total. The van der Waals surface area contributed by atoms with E-state index in [9.17, 15) is 17.6 Å². The first kappa shape index (κ1) is 17.6. The maximum absolute atomic E-state index is 13.8. The van der Waals surface area contributed by atoms with E-state index in [0.717, 1.165) is 19.1 Å². The van der Waals surface area contributed by atoms with Gasteiger partial charge in [-0.3, -0.25) is 10.0 Å². The molecule has 2 rings (SSSR count). The Morgan fingerprint density at radius 1 is 1.61 bits per heavy atom. The van der Waals surface area contributed by atoms with Gasteiger partial charge in [0.15, 0.2) is 21.4 Å². The second-order valence-corrected chi connectivity index (χ2v) is 8.42. The molecule has 23 heavy (non-hydrogen) atoms. The highest BCUT2D eigenvalue weighted by molar-refractivity contribution is 7.92. The van der Waals surface area contributed by atoms with E-state index in [1.54, 1.807) is 0 Å². The number of hydroxylamine groups is 1. The number of rotatable bonds is 7. The Balaban J connectivity index is 2.10. The molecule has 128 valence electrons. The molecule has 1 aliphatic rings. The Labute approximate surface area is 133 Å². The van der Waals surface area contributed by atoms with Crippen molar-refractivity contribution in [3.8, 4) is 0 Å². The number of aromatic nitrogens is 1. The minimum absolute atomic E-state index is 0.0143. The van der Waals surface area contributed by atoms with Gasteiger partial charge < -0.3 is 4.52 Å². The van der Waals surface area contributed by atoms with Crippen molar-refractivity contribution in [1.29, 1.82) is 0 Å². The van der Waals surface area contributed by atoms with E-state index in [1.807, 2.05) is 0 Å². The molecular formula is C14H19FN2O5S. The van der Waals surface area contributed by atoms with Crippen molar-refractivity contribution in [3.63, 3.8) is 0 Å². The molecule has 1 fully saturated rings. The van der Waals surface area contributed by atoms with Crippen LogP contribution in [-0.4, -0.2) is 35.7 Å². The van der Waals surface area contributed by atoms with Crippen LogP contribution >= 0.6 is 0 Å². The summed E-state index contributed by atoms with van der Waals surface area (Å²) >= 11 is 0. The van der Waals surface area contributed by atoms with E-state index in [2.05, 4.69) is 5.16 Å². The van der Waals surface area contributed by atoms with Gasteiger partial charge in [-0.25, -0.2) is 18.3 Å². The van der Waals surface area contributed by atoms with Gasteiger partial charge in [-0.2, -0.15) is 0 Å². The summed E-state index contributed by atoms with van der Waals surface area (Å²) in [4.78, 5) is 11.7. The Morgan fingerprint density at radius 3 is 2.78 bits per heavy atom. The minimum atomic E-state index is -3.78. The Hall–Kier alpha value is -1.74. The van der Waals surface area contributed by atoms with Crippen molar-refractivity contribution in [2.75, 3.05) is 6.26 Å². The van der Waals surface area contributed by atoms with Crippen LogP contribution in [0.15, 0.2) is 16.7 Å². The normalized spacial score (nSPS) is 18.5. The molecule has 7 nitrogen and oxygen atoms in total. The Bertz CT molecular complexity index is 723.